The van der Waals surface area contributed by atoms with Crippen molar-refractivity contribution >= 4 is 12.2 Å². The summed E-state index contributed by atoms with van der Waals surface area (Å²) < 4.78 is 1.23. The molecule has 0 aromatic carbocycles. The molecule has 0 bridgehead atoms. The third-order valence-corrected chi connectivity index (χ3v) is 0.887. The molecule has 0 spiro atoms. The molecular weight excluding hydrogens is 134 g/mol. The fraction of sp³-hybridized carbons (Fsp3) is 0. The number of hydrogen-bond donors (Lipinski definition) is 1. The van der Waals surface area contributed by atoms with Gasteiger partial charge in [0.1, 0.15) is 6.33 Å². The van der Waals surface area contributed by atoms with Crippen molar-refractivity contribution < 1.29 is 9.90 Å². The van der Waals surface area contributed by atoms with Crippen LogP contribution in [0.1, 0.15) is 10.6 Å². The molecule has 1 rings (SSSR count). The molecule has 0 aliphatic rings. The van der Waals surface area contributed by atoms with Gasteiger partial charge in [0.15, 0.2) is 0 Å². The SMILES string of the molecule is C=Cn1cnc(C(=O)O)n1. The molecule has 52 valence electrons. The molecular formula is C5H5N3O2. The van der Waals surface area contributed by atoms with E-state index in [0.717, 1.165) is 0 Å². The number of rotatable bonds is 2. The molecule has 1 heterocycles. The third-order valence-electron chi connectivity index (χ3n) is 0.887. The molecule has 1 N–H and O–H groups in total. The second-order valence-electron chi connectivity index (χ2n) is 1.54. The van der Waals surface area contributed by atoms with Gasteiger partial charge in [0.2, 0.25) is 0 Å². The highest BCUT2D eigenvalue weighted by Crippen LogP contribution is 1.88. The second-order valence-corrected chi connectivity index (χ2v) is 1.54. The minimum absolute atomic E-state index is 0.222. The van der Waals surface area contributed by atoms with Gasteiger partial charge in [-0.25, -0.2) is 14.5 Å². The lowest BCUT2D eigenvalue weighted by Gasteiger charge is -1.82. The van der Waals surface area contributed by atoms with Crippen molar-refractivity contribution in [2.24, 2.45) is 0 Å². The van der Waals surface area contributed by atoms with Crippen LogP contribution in [0.4, 0.5) is 0 Å². The maximum Gasteiger partial charge on any atom is 0.375 e. The molecule has 5 nitrogen and oxygen atoms in total. The summed E-state index contributed by atoms with van der Waals surface area (Å²) in [5, 5.41) is 11.8. The van der Waals surface area contributed by atoms with Crippen LogP contribution in [0.3, 0.4) is 0 Å². The van der Waals surface area contributed by atoms with E-state index >= 15 is 0 Å². The van der Waals surface area contributed by atoms with Crippen LogP contribution < -0.4 is 0 Å². The van der Waals surface area contributed by atoms with E-state index in [9.17, 15) is 4.79 Å². The van der Waals surface area contributed by atoms with E-state index in [-0.39, 0.29) is 5.82 Å². The lowest BCUT2D eigenvalue weighted by Crippen LogP contribution is -1.99. The Hall–Kier alpha value is -1.65. The number of hydrogen-bond acceptors (Lipinski definition) is 3. The van der Waals surface area contributed by atoms with Crippen molar-refractivity contribution in [2.45, 2.75) is 0 Å². The monoisotopic (exact) mass is 139 g/mol. The lowest BCUT2D eigenvalue weighted by atomic mass is 10.7. The first-order chi connectivity index (χ1) is 4.74. The summed E-state index contributed by atoms with van der Waals surface area (Å²) in [6.45, 7) is 3.37. The molecule has 0 unspecified atom stereocenters. The van der Waals surface area contributed by atoms with Crippen LogP contribution >= 0.6 is 0 Å². The van der Waals surface area contributed by atoms with E-state index in [2.05, 4.69) is 16.7 Å². The van der Waals surface area contributed by atoms with Crippen molar-refractivity contribution in [1.82, 2.24) is 14.8 Å². The van der Waals surface area contributed by atoms with Crippen LogP contribution in [0.15, 0.2) is 12.9 Å². The summed E-state index contributed by atoms with van der Waals surface area (Å²) in [6, 6.07) is 0. The molecule has 0 aliphatic heterocycles. The average Bonchev–Trinajstić information content (AvgIpc) is 2.34. The Morgan fingerprint density at radius 3 is 2.90 bits per heavy atom. The number of carboxylic acids is 1. The van der Waals surface area contributed by atoms with Gasteiger partial charge in [0, 0.05) is 6.20 Å². The third kappa shape index (κ3) is 1.02. The van der Waals surface area contributed by atoms with Crippen LogP contribution in [-0.4, -0.2) is 25.8 Å². The van der Waals surface area contributed by atoms with E-state index in [0.29, 0.717) is 0 Å². The summed E-state index contributed by atoms with van der Waals surface area (Å²) in [6.07, 6.45) is 2.63. The molecule has 5 heteroatoms. The average molecular weight is 139 g/mol. The Kier molecular flexibility index (Phi) is 1.49. The molecule has 0 fully saturated rings. The van der Waals surface area contributed by atoms with Gasteiger partial charge in [-0.1, -0.05) is 6.58 Å². The van der Waals surface area contributed by atoms with Gasteiger partial charge in [-0.15, -0.1) is 5.10 Å². The number of nitrogens with zero attached hydrogens (tertiary/aromatic N) is 3. The Labute approximate surface area is 56.6 Å². The highest BCUT2D eigenvalue weighted by molar-refractivity contribution is 5.82. The number of carboxylic acid groups (broad SMARTS) is 1. The Balaban J connectivity index is 2.98. The summed E-state index contributed by atoms with van der Waals surface area (Å²) in [4.78, 5) is 13.6. The zero-order valence-electron chi connectivity index (χ0n) is 5.06. The van der Waals surface area contributed by atoms with Crippen LogP contribution in [0.5, 0.6) is 0 Å². The molecule has 0 saturated carbocycles. The predicted octanol–water partition coefficient (Wildman–Crippen LogP) is 0.0768. The fourth-order valence-electron chi connectivity index (χ4n) is 0.461. The van der Waals surface area contributed by atoms with Crippen LogP contribution in [0.25, 0.3) is 6.20 Å². The van der Waals surface area contributed by atoms with Crippen molar-refractivity contribution in [1.29, 1.82) is 0 Å². The Bertz CT molecular complexity index is 266. The highest BCUT2D eigenvalue weighted by atomic mass is 16.4. The topological polar surface area (TPSA) is 68.0 Å². The van der Waals surface area contributed by atoms with Gasteiger partial charge in [-0.05, 0) is 0 Å². The summed E-state index contributed by atoms with van der Waals surface area (Å²) >= 11 is 0. The molecule has 0 amide bonds. The standard InChI is InChI=1S/C5H5N3O2/c1-2-8-3-6-4(7-8)5(9)10/h2-3H,1H2,(H,9,10). The number of aromatic carboxylic acids is 1. The van der Waals surface area contributed by atoms with Crippen molar-refractivity contribution in [3.63, 3.8) is 0 Å². The molecule has 1 aromatic heterocycles. The summed E-state index contributed by atoms with van der Waals surface area (Å²) in [5.41, 5.74) is 0. The predicted molar refractivity (Wildman–Crippen MR) is 33.4 cm³/mol. The van der Waals surface area contributed by atoms with E-state index in [1.54, 1.807) is 0 Å². The normalized spacial score (nSPS) is 9.20. The van der Waals surface area contributed by atoms with Gasteiger partial charge in [0.25, 0.3) is 5.82 Å². The Morgan fingerprint density at radius 1 is 1.90 bits per heavy atom. The maximum atomic E-state index is 10.2. The molecule has 0 atom stereocenters. The first-order valence-corrected chi connectivity index (χ1v) is 2.51. The number of aromatic nitrogens is 3. The van der Waals surface area contributed by atoms with E-state index in [1.165, 1.54) is 17.2 Å². The van der Waals surface area contributed by atoms with Crippen LogP contribution in [0, 0.1) is 0 Å². The highest BCUT2D eigenvalue weighted by Gasteiger charge is 2.06. The minimum Gasteiger partial charge on any atom is -0.475 e. The van der Waals surface area contributed by atoms with Crippen LogP contribution in [0.2, 0.25) is 0 Å². The van der Waals surface area contributed by atoms with Gasteiger partial charge in [-0.3, -0.25) is 0 Å². The smallest absolute Gasteiger partial charge is 0.375 e. The molecule has 1 aromatic rings. The zero-order chi connectivity index (χ0) is 7.56. The zero-order valence-corrected chi connectivity index (χ0v) is 5.06. The fourth-order valence-corrected chi connectivity index (χ4v) is 0.461. The minimum atomic E-state index is -1.14. The molecule has 0 radical (unpaired) electrons. The largest absolute Gasteiger partial charge is 0.475 e. The van der Waals surface area contributed by atoms with Gasteiger partial charge in [0.05, 0.1) is 0 Å². The van der Waals surface area contributed by atoms with Crippen molar-refractivity contribution in [3.05, 3.63) is 18.7 Å². The van der Waals surface area contributed by atoms with E-state index in [1.807, 2.05) is 0 Å². The Morgan fingerprint density at radius 2 is 2.60 bits per heavy atom. The lowest BCUT2D eigenvalue weighted by molar-refractivity contribution is 0.0684. The molecule has 10 heavy (non-hydrogen) atoms. The maximum absolute atomic E-state index is 10.2. The van der Waals surface area contributed by atoms with Gasteiger partial charge >= 0.3 is 5.97 Å². The van der Waals surface area contributed by atoms with E-state index in [4.69, 9.17) is 5.11 Å². The first-order valence-electron chi connectivity index (χ1n) is 2.51. The summed E-state index contributed by atoms with van der Waals surface area (Å²) in [7, 11) is 0. The first kappa shape index (κ1) is 6.47. The molecule has 0 aliphatic carbocycles. The van der Waals surface area contributed by atoms with Crippen LogP contribution in [-0.2, 0) is 0 Å². The quantitative estimate of drug-likeness (QED) is 0.629. The van der Waals surface area contributed by atoms with E-state index < -0.39 is 5.97 Å². The van der Waals surface area contributed by atoms with Gasteiger partial charge in [-0.2, -0.15) is 0 Å². The second kappa shape index (κ2) is 2.30. The van der Waals surface area contributed by atoms with Gasteiger partial charge < -0.3 is 5.11 Å². The van der Waals surface area contributed by atoms with Crippen molar-refractivity contribution in [2.75, 3.05) is 0 Å². The van der Waals surface area contributed by atoms with Crippen molar-refractivity contribution in [3.8, 4) is 0 Å². The molecule has 0 saturated heterocycles. The summed E-state index contributed by atoms with van der Waals surface area (Å²) in [5.74, 6) is -1.36. The number of carbonyl (C=O) groups is 1.